The predicted molar refractivity (Wildman–Crippen MR) is 115 cm³/mol. The van der Waals surface area contributed by atoms with Crippen molar-refractivity contribution in [1.82, 2.24) is 9.97 Å². The summed E-state index contributed by atoms with van der Waals surface area (Å²) >= 11 is 1.78. The lowest BCUT2D eigenvalue weighted by atomic mass is 9.89. The van der Waals surface area contributed by atoms with Crippen molar-refractivity contribution in [2.24, 2.45) is 5.92 Å². The number of rotatable bonds is 6. The number of hydrogen-bond acceptors (Lipinski definition) is 6. The third-order valence-corrected chi connectivity index (χ3v) is 6.62. The average Bonchev–Trinajstić information content (AvgIpc) is 3.04. The molecule has 1 aliphatic rings. The monoisotopic (exact) mass is 433 g/mol. The number of methoxy groups -OCH3 is 1. The van der Waals surface area contributed by atoms with Gasteiger partial charge in [-0.3, -0.25) is 0 Å². The van der Waals surface area contributed by atoms with Gasteiger partial charge in [0.2, 0.25) is 0 Å². The van der Waals surface area contributed by atoms with Crippen LogP contribution in [0.2, 0.25) is 0 Å². The van der Waals surface area contributed by atoms with Crippen LogP contribution in [-0.2, 0) is 19.4 Å². The van der Waals surface area contributed by atoms with E-state index in [0.29, 0.717) is 12.5 Å². The van der Waals surface area contributed by atoms with Crippen LogP contribution in [0.25, 0.3) is 10.2 Å². The van der Waals surface area contributed by atoms with Gasteiger partial charge in [0, 0.05) is 18.5 Å². The lowest BCUT2D eigenvalue weighted by Crippen LogP contribution is -2.19. The van der Waals surface area contributed by atoms with Crippen molar-refractivity contribution in [3.63, 3.8) is 0 Å². The van der Waals surface area contributed by atoms with E-state index in [4.69, 9.17) is 14.7 Å². The average molecular weight is 434 g/mol. The molecule has 0 spiro atoms. The van der Waals surface area contributed by atoms with E-state index in [-0.39, 0.29) is 11.5 Å². The molecule has 1 aromatic carbocycles. The molecule has 0 aliphatic heterocycles. The summed E-state index contributed by atoms with van der Waals surface area (Å²) in [5.74, 6) is 2.67. The van der Waals surface area contributed by atoms with Crippen molar-refractivity contribution >= 4 is 27.4 Å². The number of nitrogens with zero attached hydrogens (tertiary/aromatic N) is 3. The van der Waals surface area contributed by atoms with Gasteiger partial charge in [-0.05, 0) is 55.4 Å². The number of hydrogen-bond donors (Lipinski definition) is 0. The minimum absolute atomic E-state index is 0.0280. The topological polar surface area (TPSA) is 47.5 Å². The zero-order chi connectivity index (χ0) is 21.4. The van der Waals surface area contributed by atoms with Gasteiger partial charge < -0.3 is 14.4 Å². The SMILES string of the molecule is COc1cc(CN(C)c2nc(C)nc3sc4c(c23)CC[C@H](C)C4)ccc1OC(F)F. The Morgan fingerprint density at radius 2 is 2.07 bits per heavy atom. The van der Waals surface area contributed by atoms with E-state index in [0.717, 1.165) is 40.3 Å². The highest BCUT2D eigenvalue weighted by Crippen LogP contribution is 2.41. The van der Waals surface area contributed by atoms with Gasteiger partial charge in [-0.2, -0.15) is 8.78 Å². The number of halogens is 2. The number of aromatic nitrogens is 2. The van der Waals surface area contributed by atoms with E-state index in [9.17, 15) is 8.78 Å². The summed E-state index contributed by atoms with van der Waals surface area (Å²) in [5.41, 5.74) is 2.30. The quantitative estimate of drug-likeness (QED) is 0.523. The van der Waals surface area contributed by atoms with Crippen LogP contribution in [0, 0.1) is 12.8 Å². The maximum absolute atomic E-state index is 12.6. The van der Waals surface area contributed by atoms with Crippen LogP contribution in [-0.4, -0.2) is 30.7 Å². The summed E-state index contributed by atoms with van der Waals surface area (Å²) in [6.07, 6.45) is 3.33. The predicted octanol–water partition coefficient (Wildman–Crippen LogP) is 5.37. The van der Waals surface area contributed by atoms with Crippen LogP contribution >= 0.6 is 11.3 Å². The van der Waals surface area contributed by atoms with Gasteiger partial charge >= 0.3 is 6.61 Å². The number of alkyl halides is 2. The molecule has 8 heteroatoms. The molecule has 0 fully saturated rings. The van der Waals surface area contributed by atoms with Crippen molar-refractivity contribution in [1.29, 1.82) is 0 Å². The third-order valence-electron chi connectivity index (χ3n) is 5.47. The second kappa shape index (κ2) is 8.34. The summed E-state index contributed by atoms with van der Waals surface area (Å²) in [4.78, 5) is 14.0. The fourth-order valence-electron chi connectivity index (χ4n) is 4.06. The molecule has 2 aromatic heterocycles. The summed E-state index contributed by atoms with van der Waals surface area (Å²) in [6.45, 7) is 1.87. The highest BCUT2D eigenvalue weighted by Gasteiger charge is 2.25. The normalized spacial score (nSPS) is 16.0. The fourth-order valence-corrected chi connectivity index (χ4v) is 5.48. The molecule has 3 aromatic rings. The van der Waals surface area contributed by atoms with Crippen molar-refractivity contribution in [2.45, 2.75) is 46.3 Å². The Kier molecular flexibility index (Phi) is 5.77. The van der Waals surface area contributed by atoms with Crippen LogP contribution in [0.3, 0.4) is 0 Å². The van der Waals surface area contributed by atoms with Gasteiger partial charge in [0.15, 0.2) is 11.5 Å². The van der Waals surface area contributed by atoms with Crippen LogP contribution in [0.1, 0.15) is 35.2 Å². The summed E-state index contributed by atoms with van der Waals surface area (Å²) < 4.78 is 34.9. The van der Waals surface area contributed by atoms with Crippen LogP contribution < -0.4 is 14.4 Å². The van der Waals surface area contributed by atoms with E-state index in [2.05, 4.69) is 16.6 Å². The van der Waals surface area contributed by atoms with E-state index in [1.807, 2.05) is 14.0 Å². The van der Waals surface area contributed by atoms with Gasteiger partial charge in [-0.25, -0.2) is 9.97 Å². The highest BCUT2D eigenvalue weighted by molar-refractivity contribution is 7.19. The van der Waals surface area contributed by atoms with Gasteiger partial charge in [-0.15, -0.1) is 11.3 Å². The smallest absolute Gasteiger partial charge is 0.387 e. The number of anilines is 1. The minimum atomic E-state index is -2.89. The van der Waals surface area contributed by atoms with E-state index in [1.54, 1.807) is 23.5 Å². The van der Waals surface area contributed by atoms with Gasteiger partial charge in [0.05, 0.1) is 12.5 Å². The Labute approximate surface area is 178 Å². The molecule has 0 unspecified atom stereocenters. The van der Waals surface area contributed by atoms with Gasteiger partial charge in [-0.1, -0.05) is 13.0 Å². The molecule has 1 aliphatic carbocycles. The molecule has 0 radical (unpaired) electrons. The van der Waals surface area contributed by atoms with Gasteiger partial charge in [0.1, 0.15) is 16.5 Å². The van der Waals surface area contributed by atoms with Crippen LogP contribution in [0.5, 0.6) is 11.5 Å². The highest BCUT2D eigenvalue weighted by atomic mass is 32.1. The molecule has 4 rings (SSSR count). The third kappa shape index (κ3) is 4.05. The lowest BCUT2D eigenvalue weighted by Gasteiger charge is -2.22. The van der Waals surface area contributed by atoms with E-state index in [1.165, 1.54) is 30.0 Å². The Morgan fingerprint density at radius 1 is 1.27 bits per heavy atom. The summed E-state index contributed by atoms with van der Waals surface area (Å²) in [6, 6.07) is 5.01. The van der Waals surface area contributed by atoms with Crippen molar-refractivity contribution in [3.05, 3.63) is 40.0 Å². The molecular formula is C22H25F2N3O2S. The second-order valence-electron chi connectivity index (χ2n) is 7.85. The molecule has 0 saturated heterocycles. The summed E-state index contributed by atoms with van der Waals surface area (Å²) in [7, 11) is 3.43. The fraction of sp³-hybridized carbons (Fsp3) is 0.455. The Balaban J connectivity index is 1.67. The van der Waals surface area contributed by atoms with E-state index >= 15 is 0 Å². The minimum Gasteiger partial charge on any atom is -0.493 e. The molecule has 30 heavy (non-hydrogen) atoms. The van der Waals surface area contributed by atoms with Gasteiger partial charge in [0.25, 0.3) is 0 Å². The Hall–Kier alpha value is -2.48. The Morgan fingerprint density at radius 3 is 2.80 bits per heavy atom. The molecule has 160 valence electrons. The zero-order valence-corrected chi connectivity index (χ0v) is 18.4. The van der Waals surface area contributed by atoms with Crippen LogP contribution in [0.4, 0.5) is 14.6 Å². The number of fused-ring (bicyclic) bond motifs is 3. The Bertz CT molecular complexity index is 1070. The number of benzene rings is 1. The maximum Gasteiger partial charge on any atom is 0.387 e. The molecule has 5 nitrogen and oxygen atoms in total. The molecule has 1 atom stereocenters. The maximum atomic E-state index is 12.6. The standard InChI is InChI=1S/C22H25F2N3O2S/c1-12-5-7-15-18(9-12)30-21-19(15)20(25-13(2)26-21)27(3)11-14-6-8-16(29-22(23)24)17(10-14)28-4/h6,8,10,12,22H,5,7,9,11H2,1-4H3/t12-/m0/s1. The first kappa shape index (κ1) is 20.8. The van der Waals surface area contributed by atoms with Crippen molar-refractivity contribution < 1.29 is 18.3 Å². The first-order valence-corrected chi connectivity index (χ1v) is 10.8. The largest absolute Gasteiger partial charge is 0.493 e. The molecule has 0 N–H and O–H groups in total. The van der Waals surface area contributed by atoms with Crippen LogP contribution in [0.15, 0.2) is 18.2 Å². The molecule has 0 saturated carbocycles. The van der Waals surface area contributed by atoms with Crippen molar-refractivity contribution in [3.8, 4) is 11.5 Å². The summed E-state index contributed by atoms with van der Waals surface area (Å²) in [5, 5.41) is 1.15. The first-order chi connectivity index (χ1) is 14.4. The second-order valence-corrected chi connectivity index (χ2v) is 8.93. The lowest BCUT2D eigenvalue weighted by molar-refractivity contribution is -0.0512. The molecule has 2 heterocycles. The number of aryl methyl sites for hydroxylation is 2. The number of ether oxygens (including phenoxy) is 2. The first-order valence-electron chi connectivity index (χ1n) is 9.97. The zero-order valence-electron chi connectivity index (χ0n) is 17.5. The molecule has 0 bridgehead atoms. The van der Waals surface area contributed by atoms with Crippen molar-refractivity contribution in [2.75, 3.05) is 19.1 Å². The molecular weight excluding hydrogens is 408 g/mol. The number of thiophene rings is 1. The molecule has 0 amide bonds. The van der Waals surface area contributed by atoms with E-state index < -0.39 is 6.61 Å².